The maximum absolute atomic E-state index is 4.66. The molecular weight excluding hydrogens is 288 g/mol. The van der Waals surface area contributed by atoms with Gasteiger partial charge in [0.15, 0.2) is 0 Å². The summed E-state index contributed by atoms with van der Waals surface area (Å²) in [6.07, 6.45) is 1.82. The Kier molecular flexibility index (Phi) is 2.84. The normalized spacial score (nSPS) is 10.8. The smallest absolute Gasteiger partial charge is 0.0896 e. The quantitative estimate of drug-likeness (QED) is 0.667. The molecule has 0 saturated heterocycles. The Labute approximate surface area is 114 Å². The van der Waals surface area contributed by atoms with Crippen LogP contribution >= 0.6 is 15.9 Å². The van der Waals surface area contributed by atoms with Gasteiger partial charge in [-0.05, 0) is 36.8 Å². The van der Waals surface area contributed by atoms with Crippen LogP contribution < -0.4 is 0 Å². The average Bonchev–Trinajstić information content (AvgIpc) is 2.38. The number of fused-ring (bicyclic) bond motifs is 1. The van der Waals surface area contributed by atoms with Crippen LogP contribution in [-0.4, -0.2) is 9.97 Å². The number of nitrogens with zero attached hydrogens (tertiary/aromatic N) is 2. The van der Waals surface area contributed by atoms with Gasteiger partial charge < -0.3 is 0 Å². The number of aryl methyl sites for hydroxylation is 1. The van der Waals surface area contributed by atoms with Crippen LogP contribution in [0.5, 0.6) is 0 Å². The standard InChI is InChI=1S/C15H11BrN2/c1-10-2-7-13-14(8-10)18-15(9-17-13)11-3-5-12(16)6-4-11/h2-9H,1H3. The molecule has 0 radical (unpaired) electrons. The van der Waals surface area contributed by atoms with Gasteiger partial charge in [-0.15, -0.1) is 0 Å². The summed E-state index contributed by atoms with van der Waals surface area (Å²) in [5.41, 5.74) is 5.05. The Hall–Kier alpha value is -1.74. The topological polar surface area (TPSA) is 25.8 Å². The third-order valence-electron chi connectivity index (χ3n) is 2.84. The zero-order valence-electron chi connectivity index (χ0n) is 9.89. The summed E-state index contributed by atoms with van der Waals surface area (Å²) in [6.45, 7) is 2.06. The molecule has 3 rings (SSSR count). The summed E-state index contributed by atoms with van der Waals surface area (Å²) >= 11 is 3.43. The molecule has 0 fully saturated rings. The number of rotatable bonds is 1. The maximum atomic E-state index is 4.66. The molecule has 1 aromatic heterocycles. The molecule has 0 aliphatic heterocycles. The number of hydrogen-bond donors (Lipinski definition) is 0. The highest BCUT2D eigenvalue weighted by Gasteiger charge is 2.02. The lowest BCUT2D eigenvalue weighted by Crippen LogP contribution is -1.89. The molecule has 3 heteroatoms. The maximum Gasteiger partial charge on any atom is 0.0896 e. The molecule has 0 aliphatic carbocycles. The van der Waals surface area contributed by atoms with Crippen molar-refractivity contribution in [2.75, 3.05) is 0 Å². The van der Waals surface area contributed by atoms with Crippen LogP contribution in [0.2, 0.25) is 0 Å². The van der Waals surface area contributed by atoms with Crippen molar-refractivity contribution in [2.24, 2.45) is 0 Å². The third kappa shape index (κ3) is 2.14. The summed E-state index contributed by atoms with van der Waals surface area (Å²) in [5, 5.41) is 0. The van der Waals surface area contributed by atoms with Crippen LogP contribution in [-0.2, 0) is 0 Å². The molecule has 0 unspecified atom stereocenters. The molecule has 0 bridgehead atoms. The van der Waals surface area contributed by atoms with E-state index in [4.69, 9.17) is 0 Å². The molecule has 18 heavy (non-hydrogen) atoms. The van der Waals surface area contributed by atoms with Crippen molar-refractivity contribution in [1.82, 2.24) is 9.97 Å². The molecule has 0 N–H and O–H groups in total. The number of benzene rings is 2. The van der Waals surface area contributed by atoms with Crippen molar-refractivity contribution >= 4 is 27.0 Å². The first-order valence-corrected chi connectivity index (χ1v) is 6.51. The fourth-order valence-corrected chi connectivity index (χ4v) is 2.15. The molecule has 0 spiro atoms. The monoisotopic (exact) mass is 298 g/mol. The molecular formula is C15H11BrN2. The van der Waals surface area contributed by atoms with Crippen molar-refractivity contribution in [2.45, 2.75) is 6.92 Å². The predicted octanol–water partition coefficient (Wildman–Crippen LogP) is 4.37. The highest BCUT2D eigenvalue weighted by Crippen LogP contribution is 2.21. The van der Waals surface area contributed by atoms with Gasteiger partial charge in [-0.3, -0.25) is 4.98 Å². The highest BCUT2D eigenvalue weighted by molar-refractivity contribution is 9.10. The highest BCUT2D eigenvalue weighted by atomic mass is 79.9. The Morgan fingerprint density at radius 2 is 1.72 bits per heavy atom. The average molecular weight is 299 g/mol. The Bertz CT molecular complexity index is 705. The third-order valence-corrected chi connectivity index (χ3v) is 3.37. The minimum Gasteiger partial charge on any atom is -0.252 e. The van der Waals surface area contributed by atoms with E-state index >= 15 is 0 Å². The molecule has 0 atom stereocenters. The van der Waals surface area contributed by atoms with Crippen molar-refractivity contribution in [1.29, 1.82) is 0 Å². The van der Waals surface area contributed by atoms with E-state index in [0.717, 1.165) is 26.8 Å². The van der Waals surface area contributed by atoms with Gasteiger partial charge in [0.2, 0.25) is 0 Å². The molecule has 88 valence electrons. The van der Waals surface area contributed by atoms with Gasteiger partial charge in [-0.1, -0.05) is 34.1 Å². The van der Waals surface area contributed by atoms with Crippen molar-refractivity contribution in [3.63, 3.8) is 0 Å². The van der Waals surface area contributed by atoms with Gasteiger partial charge in [0.1, 0.15) is 0 Å². The fourth-order valence-electron chi connectivity index (χ4n) is 1.88. The SMILES string of the molecule is Cc1ccc2ncc(-c3ccc(Br)cc3)nc2c1. The molecule has 2 nitrogen and oxygen atoms in total. The summed E-state index contributed by atoms with van der Waals surface area (Å²) < 4.78 is 1.07. The first-order chi connectivity index (χ1) is 8.72. The van der Waals surface area contributed by atoms with Gasteiger partial charge in [0.25, 0.3) is 0 Å². The largest absolute Gasteiger partial charge is 0.252 e. The summed E-state index contributed by atoms with van der Waals surface area (Å²) in [5.74, 6) is 0. The number of aromatic nitrogens is 2. The molecule has 2 aromatic carbocycles. The second kappa shape index (κ2) is 4.50. The minimum absolute atomic E-state index is 0.903. The number of halogens is 1. The lowest BCUT2D eigenvalue weighted by atomic mass is 10.1. The summed E-state index contributed by atoms with van der Waals surface area (Å²) in [6, 6.07) is 14.2. The van der Waals surface area contributed by atoms with Gasteiger partial charge in [-0.25, -0.2) is 4.98 Å². The number of hydrogen-bond acceptors (Lipinski definition) is 2. The predicted molar refractivity (Wildman–Crippen MR) is 77.4 cm³/mol. The lowest BCUT2D eigenvalue weighted by Gasteiger charge is -2.03. The van der Waals surface area contributed by atoms with Crippen LogP contribution in [0.15, 0.2) is 53.1 Å². The van der Waals surface area contributed by atoms with Crippen LogP contribution in [0, 0.1) is 6.92 Å². The van der Waals surface area contributed by atoms with Crippen molar-refractivity contribution in [3.8, 4) is 11.3 Å². The molecule has 1 heterocycles. The summed E-state index contributed by atoms with van der Waals surface area (Å²) in [7, 11) is 0. The van der Waals surface area contributed by atoms with Crippen molar-refractivity contribution < 1.29 is 0 Å². The first kappa shape index (κ1) is 11.4. The second-order valence-electron chi connectivity index (χ2n) is 4.25. The summed E-state index contributed by atoms with van der Waals surface area (Å²) in [4.78, 5) is 9.11. The van der Waals surface area contributed by atoms with Crippen LogP contribution in [0.25, 0.3) is 22.3 Å². The van der Waals surface area contributed by atoms with E-state index in [0.29, 0.717) is 0 Å². The zero-order valence-corrected chi connectivity index (χ0v) is 11.5. The Morgan fingerprint density at radius 3 is 2.50 bits per heavy atom. The van der Waals surface area contributed by atoms with Gasteiger partial charge >= 0.3 is 0 Å². The van der Waals surface area contributed by atoms with E-state index < -0.39 is 0 Å². The van der Waals surface area contributed by atoms with E-state index in [9.17, 15) is 0 Å². The Morgan fingerprint density at radius 1 is 0.944 bits per heavy atom. The van der Waals surface area contributed by atoms with Crippen LogP contribution in [0.1, 0.15) is 5.56 Å². The van der Waals surface area contributed by atoms with E-state index in [1.54, 1.807) is 0 Å². The lowest BCUT2D eigenvalue weighted by molar-refractivity contribution is 1.28. The van der Waals surface area contributed by atoms with E-state index in [-0.39, 0.29) is 0 Å². The van der Waals surface area contributed by atoms with Gasteiger partial charge in [0, 0.05) is 10.0 Å². The molecule has 3 aromatic rings. The minimum atomic E-state index is 0.903. The van der Waals surface area contributed by atoms with E-state index in [2.05, 4.69) is 45.0 Å². The molecule has 0 aliphatic rings. The van der Waals surface area contributed by atoms with Crippen molar-refractivity contribution in [3.05, 3.63) is 58.7 Å². The second-order valence-corrected chi connectivity index (χ2v) is 5.17. The first-order valence-electron chi connectivity index (χ1n) is 5.72. The molecule has 0 amide bonds. The molecule has 0 saturated carbocycles. The zero-order chi connectivity index (χ0) is 12.5. The van der Waals surface area contributed by atoms with E-state index in [1.165, 1.54) is 5.56 Å². The van der Waals surface area contributed by atoms with E-state index in [1.807, 2.05) is 36.5 Å². The Balaban J connectivity index is 2.15. The van der Waals surface area contributed by atoms with Crippen LogP contribution in [0.4, 0.5) is 0 Å². The van der Waals surface area contributed by atoms with Gasteiger partial charge in [-0.2, -0.15) is 0 Å². The van der Waals surface area contributed by atoms with Crippen LogP contribution in [0.3, 0.4) is 0 Å². The van der Waals surface area contributed by atoms with Gasteiger partial charge in [0.05, 0.1) is 22.9 Å². The fraction of sp³-hybridized carbons (Fsp3) is 0.0667.